The van der Waals surface area contributed by atoms with Crippen LogP contribution in [0.1, 0.15) is 32.6 Å². The van der Waals surface area contributed by atoms with Gasteiger partial charge in [-0.3, -0.25) is 4.79 Å². The first-order valence-electron chi connectivity index (χ1n) is 5.15. The lowest BCUT2D eigenvalue weighted by atomic mass is 10.1. The minimum absolute atomic E-state index is 0.166. The predicted octanol–water partition coefficient (Wildman–Crippen LogP) is 0.997. The van der Waals surface area contributed by atoms with Crippen LogP contribution < -0.4 is 5.32 Å². The Morgan fingerprint density at radius 1 is 1.62 bits per heavy atom. The van der Waals surface area contributed by atoms with Crippen molar-refractivity contribution in [1.82, 2.24) is 10.2 Å². The lowest BCUT2D eigenvalue weighted by Gasteiger charge is -2.16. The molecule has 0 aromatic carbocycles. The fourth-order valence-corrected chi connectivity index (χ4v) is 1.74. The summed E-state index contributed by atoms with van der Waals surface area (Å²) in [5, 5.41) is 3.46. The van der Waals surface area contributed by atoms with E-state index in [9.17, 15) is 4.79 Å². The number of nitrogens with one attached hydrogen (secondary N) is 1. The molecule has 1 saturated heterocycles. The van der Waals surface area contributed by atoms with Gasteiger partial charge in [-0.05, 0) is 32.2 Å². The van der Waals surface area contributed by atoms with Crippen molar-refractivity contribution >= 4 is 5.91 Å². The van der Waals surface area contributed by atoms with Gasteiger partial charge in [-0.15, -0.1) is 0 Å². The lowest BCUT2D eigenvalue weighted by Crippen LogP contribution is -2.27. The summed E-state index contributed by atoms with van der Waals surface area (Å²) in [6.45, 7) is 3.69. The molecule has 13 heavy (non-hydrogen) atoms. The first-order valence-corrected chi connectivity index (χ1v) is 5.15. The highest BCUT2D eigenvalue weighted by Crippen LogP contribution is 2.10. The molecule has 1 rings (SSSR count). The Morgan fingerprint density at radius 3 is 2.92 bits per heavy atom. The van der Waals surface area contributed by atoms with Crippen molar-refractivity contribution in [3.63, 3.8) is 0 Å². The van der Waals surface area contributed by atoms with Crippen molar-refractivity contribution in [2.75, 3.05) is 20.1 Å². The molecular formula is C10H20N2O. The normalized spacial score (nSPS) is 21.8. The van der Waals surface area contributed by atoms with Gasteiger partial charge in [0.05, 0.1) is 0 Å². The number of carbonyl (C=O) groups excluding carboxylic acids is 1. The molecule has 3 heteroatoms. The Kier molecular flexibility index (Phi) is 4.22. The largest absolute Gasteiger partial charge is 0.346 e. The lowest BCUT2D eigenvalue weighted by molar-refractivity contribution is -0.127. The fourth-order valence-electron chi connectivity index (χ4n) is 1.74. The summed E-state index contributed by atoms with van der Waals surface area (Å²) in [6.07, 6.45) is 4.95. The monoisotopic (exact) mass is 184 g/mol. The second kappa shape index (κ2) is 5.22. The standard InChI is InChI=1S/C10H20N2O/c1-9(13)12(2)8-4-6-10-5-3-7-11-10/h10-11H,3-8H2,1-2H3. The number of amides is 1. The Balaban J connectivity index is 2.02. The molecule has 0 radical (unpaired) electrons. The molecule has 0 aliphatic carbocycles. The van der Waals surface area contributed by atoms with Crippen LogP contribution in [0.25, 0.3) is 0 Å². The van der Waals surface area contributed by atoms with Gasteiger partial charge >= 0.3 is 0 Å². The van der Waals surface area contributed by atoms with Gasteiger partial charge in [0.1, 0.15) is 0 Å². The van der Waals surface area contributed by atoms with Crippen LogP contribution in [0.5, 0.6) is 0 Å². The van der Waals surface area contributed by atoms with E-state index in [1.165, 1.54) is 25.8 Å². The van der Waals surface area contributed by atoms with Crippen LogP contribution in [-0.2, 0) is 4.79 Å². The molecule has 1 N–H and O–H groups in total. The molecule has 0 spiro atoms. The zero-order valence-corrected chi connectivity index (χ0v) is 8.68. The number of hydrogen-bond donors (Lipinski definition) is 1. The topological polar surface area (TPSA) is 32.3 Å². The molecule has 1 aliphatic heterocycles. The van der Waals surface area contributed by atoms with E-state index >= 15 is 0 Å². The molecule has 1 aliphatic rings. The molecule has 1 heterocycles. The Morgan fingerprint density at radius 2 is 2.38 bits per heavy atom. The summed E-state index contributed by atoms with van der Waals surface area (Å²) in [4.78, 5) is 12.7. The number of rotatable bonds is 4. The van der Waals surface area contributed by atoms with Gasteiger partial charge in [-0.1, -0.05) is 0 Å². The molecule has 0 saturated carbocycles. The Bertz CT molecular complexity index is 164. The quantitative estimate of drug-likeness (QED) is 0.707. The third kappa shape index (κ3) is 3.77. The Hall–Kier alpha value is -0.570. The molecule has 1 atom stereocenters. The van der Waals surface area contributed by atoms with Gasteiger partial charge in [0, 0.05) is 26.6 Å². The molecule has 1 unspecified atom stereocenters. The number of carbonyl (C=O) groups is 1. The van der Waals surface area contributed by atoms with Gasteiger partial charge in [0.15, 0.2) is 0 Å². The van der Waals surface area contributed by atoms with Crippen molar-refractivity contribution in [2.45, 2.75) is 38.6 Å². The highest BCUT2D eigenvalue weighted by Gasteiger charge is 2.13. The maximum Gasteiger partial charge on any atom is 0.219 e. The maximum absolute atomic E-state index is 10.9. The highest BCUT2D eigenvalue weighted by atomic mass is 16.2. The van der Waals surface area contributed by atoms with Crippen molar-refractivity contribution < 1.29 is 4.79 Å². The van der Waals surface area contributed by atoms with Crippen LogP contribution in [-0.4, -0.2) is 37.0 Å². The maximum atomic E-state index is 10.9. The summed E-state index contributed by atoms with van der Waals surface area (Å²) in [5.74, 6) is 0.166. The molecule has 0 aromatic rings. The molecule has 1 fully saturated rings. The average Bonchev–Trinajstić information content (AvgIpc) is 2.56. The SMILES string of the molecule is CC(=O)N(C)CCCC1CCCN1. The minimum Gasteiger partial charge on any atom is -0.346 e. The summed E-state index contributed by atoms with van der Waals surface area (Å²) >= 11 is 0. The third-order valence-corrected chi connectivity index (χ3v) is 2.75. The smallest absolute Gasteiger partial charge is 0.219 e. The minimum atomic E-state index is 0.166. The third-order valence-electron chi connectivity index (χ3n) is 2.75. The van der Waals surface area contributed by atoms with Gasteiger partial charge < -0.3 is 10.2 Å². The molecule has 1 amide bonds. The zero-order valence-electron chi connectivity index (χ0n) is 8.68. The van der Waals surface area contributed by atoms with E-state index in [0.717, 1.165) is 13.0 Å². The van der Waals surface area contributed by atoms with E-state index in [2.05, 4.69) is 5.32 Å². The van der Waals surface area contributed by atoms with E-state index in [1.807, 2.05) is 7.05 Å². The van der Waals surface area contributed by atoms with E-state index in [1.54, 1.807) is 11.8 Å². The molecule has 0 bridgehead atoms. The zero-order chi connectivity index (χ0) is 9.68. The van der Waals surface area contributed by atoms with Crippen LogP contribution >= 0.6 is 0 Å². The van der Waals surface area contributed by atoms with E-state index in [4.69, 9.17) is 0 Å². The average molecular weight is 184 g/mol. The van der Waals surface area contributed by atoms with Crippen molar-refractivity contribution in [3.8, 4) is 0 Å². The molecule has 3 nitrogen and oxygen atoms in total. The van der Waals surface area contributed by atoms with Crippen molar-refractivity contribution in [2.24, 2.45) is 0 Å². The Labute approximate surface area is 80.5 Å². The first kappa shape index (κ1) is 10.5. The second-order valence-corrected chi connectivity index (χ2v) is 3.88. The summed E-state index contributed by atoms with van der Waals surface area (Å²) < 4.78 is 0. The fraction of sp³-hybridized carbons (Fsp3) is 0.900. The van der Waals surface area contributed by atoms with Crippen molar-refractivity contribution in [1.29, 1.82) is 0 Å². The van der Waals surface area contributed by atoms with Crippen molar-refractivity contribution in [3.05, 3.63) is 0 Å². The second-order valence-electron chi connectivity index (χ2n) is 3.88. The van der Waals surface area contributed by atoms with Crippen LogP contribution in [0.2, 0.25) is 0 Å². The van der Waals surface area contributed by atoms with Crippen LogP contribution in [0, 0.1) is 0 Å². The molecule has 0 aromatic heterocycles. The molecule has 76 valence electrons. The van der Waals surface area contributed by atoms with Gasteiger partial charge in [0.2, 0.25) is 5.91 Å². The van der Waals surface area contributed by atoms with Gasteiger partial charge in [-0.25, -0.2) is 0 Å². The van der Waals surface area contributed by atoms with Crippen LogP contribution in [0.15, 0.2) is 0 Å². The molecular weight excluding hydrogens is 164 g/mol. The number of hydrogen-bond acceptors (Lipinski definition) is 2. The van der Waals surface area contributed by atoms with E-state index in [-0.39, 0.29) is 5.91 Å². The number of nitrogens with zero attached hydrogens (tertiary/aromatic N) is 1. The summed E-state index contributed by atoms with van der Waals surface area (Å²) in [5.41, 5.74) is 0. The highest BCUT2D eigenvalue weighted by molar-refractivity contribution is 5.72. The van der Waals surface area contributed by atoms with Gasteiger partial charge in [-0.2, -0.15) is 0 Å². The van der Waals surface area contributed by atoms with Crippen LogP contribution in [0.4, 0.5) is 0 Å². The predicted molar refractivity (Wildman–Crippen MR) is 53.6 cm³/mol. The summed E-state index contributed by atoms with van der Waals surface area (Å²) in [7, 11) is 1.87. The van der Waals surface area contributed by atoms with E-state index in [0.29, 0.717) is 6.04 Å². The first-order chi connectivity index (χ1) is 6.20. The summed E-state index contributed by atoms with van der Waals surface area (Å²) in [6, 6.07) is 0.709. The van der Waals surface area contributed by atoms with Crippen LogP contribution in [0.3, 0.4) is 0 Å². The van der Waals surface area contributed by atoms with E-state index < -0.39 is 0 Å². The van der Waals surface area contributed by atoms with Gasteiger partial charge in [0.25, 0.3) is 0 Å².